The summed E-state index contributed by atoms with van der Waals surface area (Å²) in [4.78, 5) is 43.4. The molecule has 0 radical (unpaired) electrons. The van der Waals surface area contributed by atoms with Gasteiger partial charge in [-0.25, -0.2) is 14.9 Å². The van der Waals surface area contributed by atoms with Gasteiger partial charge in [-0.3, -0.25) is 19.6 Å². The van der Waals surface area contributed by atoms with Gasteiger partial charge in [0.25, 0.3) is 5.91 Å². The number of halogens is 1. The van der Waals surface area contributed by atoms with Crippen LogP contribution in [0.2, 0.25) is 0 Å². The first-order valence-corrected chi connectivity index (χ1v) is 11.5. The number of benzene rings is 1. The van der Waals surface area contributed by atoms with Crippen molar-refractivity contribution >= 4 is 34.2 Å². The average Bonchev–Trinajstić information content (AvgIpc) is 3.49. The second kappa shape index (κ2) is 11.1. The summed E-state index contributed by atoms with van der Waals surface area (Å²) in [7, 11) is 0. The molecule has 0 aliphatic carbocycles. The highest BCUT2D eigenvalue weighted by Gasteiger charge is 2.41. The van der Waals surface area contributed by atoms with Crippen molar-refractivity contribution in [3.8, 4) is 11.3 Å². The predicted octanol–water partition coefficient (Wildman–Crippen LogP) is 3.39. The van der Waals surface area contributed by atoms with Gasteiger partial charge in [-0.15, -0.1) is 11.3 Å². The van der Waals surface area contributed by atoms with Gasteiger partial charge >= 0.3 is 0 Å². The summed E-state index contributed by atoms with van der Waals surface area (Å²) in [5.74, 6) is -3.48. The number of hydroxylamine groups is 1. The zero-order valence-electron chi connectivity index (χ0n) is 17.8. The largest absolute Gasteiger partial charge is 0.330 e. The summed E-state index contributed by atoms with van der Waals surface area (Å²) in [6, 6.07) is 8.79. The summed E-state index contributed by atoms with van der Waals surface area (Å²) in [6.45, 7) is 2.20. The number of unbranched alkanes of at least 4 members (excludes halogenated alkanes) is 1. The number of amides is 3. The number of alkyl halides is 1. The summed E-state index contributed by atoms with van der Waals surface area (Å²) in [5, 5.41) is 13.8. The van der Waals surface area contributed by atoms with E-state index in [0.717, 1.165) is 17.7 Å². The summed E-state index contributed by atoms with van der Waals surface area (Å²) < 4.78 is 14.6. The van der Waals surface area contributed by atoms with Gasteiger partial charge in [-0.05, 0) is 19.3 Å². The molecule has 32 heavy (non-hydrogen) atoms. The van der Waals surface area contributed by atoms with Crippen molar-refractivity contribution in [1.82, 2.24) is 15.4 Å². The van der Waals surface area contributed by atoms with Gasteiger partial charge in [-0.2, -0.15) is 0 Å². The molecule has 3 rings (SSSR count). The predicted molar refractivity (Wildman–Crippen MR) is 119 cm³/mol. The van der Waals surface area contributed by atoms with Gasteiger partial charge < -0.3 is 10.2 Å². The van der Waals surface area contributed by atoms with Crippen LogP contribution in [-0.2, 0) is 14.4 Å². The molecule has 10 heteroatoms. The maximum atomic E-state index is 14.6. The van der Waals surface area contributed by atoms with Crippen molar-refractivity contribution in [3.05, 3.63) is 35.7 Å². The third-order valence-corrected chi connectivity index (χ3v) is 6.30. The molecule has 0 bridgehead atoms. The molecule has 3 atom stereocenters. The number of aromatic nitrogens is 1. The number of likely N-dealkylation sites (tertiary alicyclic amines) is 1. The standard InChI is InChI=1S/C22H27FN4O4S/c1-2-3-10-15(18(23)20(29)26-31)21(30)27-12-7-11-17(27)19(28)25-22-24-16(13-32-22)14-8-5-4-6-9-14/h4-6,8-9,13,15,17-18,31H,2-3,7,10-12H2,1H3,(H,26,29)(H,24,25,28)/t15-,17+,18-/m1/s1. The van der Waals surface area contributed by atoms with Gasteiger partial charge in [0.1, 0.15) is 6.04 Å². The summed E-state index contributed by atoms with van der Waals surface area (Å²) in [6.07, 6.45) is 0.271. The van der Waals surface area contributed by atoms with Crippen molar-refractivity contribution in [2.75, 3.05) is 11.9 Å². The van der Waals surface area contributed by atoms with E-state index >= 15 is 0 Å². The number of nitrogens with one attached hydrogen (secondary N) is 2. The van der Waals surface area contributed by atoms with Gasteiger partial charge in [0.05, 0.1) is 11.6 Å². The molecule has 2 aromatic rings. The van der Waals surface area contributed by atoms with E-state index in [1.165, 1.54) is 21.7 Å². The molecule has 1 aromatic carbocycles. The molecule has 172 valence electrons. The van der Waals surface area contributed by atoms with Gasteiger partial charge in [0.15, 0.2) is 11.3 Å². The Morgan fingerprint density at radius 1 is 1.31 bits per heavy atom. The number of thiazole rings is 1. The fraction of sp³-hybridized carbons (Fsp3) is 0.455. The van der Waals surface area contributed by atoms with E-state index in [-0.39, 0.29) is 12.3 Å². The Morgan fingerprint density at radius 2 is 2.06 bits per heavy atom. The minimum absolute atomic E-state index is 0.154. The Morgan fingerprint density at radius 3 is 2.75 bits per heavy atom. The lowest BCUT2D eigenvalue weighted by Gasteiger charge is -2.29. The molecule has 1 aromatic heterocycles. The number of nitrogens with zero attached hydrogens (tertiary/aromatic N) is 2. The van der Waals surface area contributed by atoms with Crippen LogP contribution in [0.15, 0.2) is 35.7 Å². The quantitative estimate of drug-likeness (QED) is 0.391. The number of carbonyl (C=O) groups is 3. The van der Waals surface area contributed by atoms with Crippen molar-refractivity contribution in [2.24, 2.45) is 5.92 Å². The van der Waals surface area contributed by atoms with E-state index in [1.54, 1.807) is 0 Å². The van der Waals surface area contributed by atoms with Crippen molar-refractivity contribution in [3.63, 3.8) is 0 Å². The fourth-order valence-electron chi connectivity index (χ4n) is 3.84. The van der Waals surface area contributed by atoms with E-state index in [1.807, 2.05) is 42.6 Å². The summed E-state index contributed by atoms with van der Waals surface area (Å²) in [5.41, 5.74) is 2.94. The van der Waals surface area contributed by atoms with Crippen LogP contribution in [0.3, 0.4) is 0 Å². The fourth-order valence-corrected chi connectivity index (χ4v) is 4.56. The Hall–Kier alpha value is -2.85. The molecule has 1 saturated heterocycles. The first kappa shape index (κ1) is 23.8. The molecule has 1 fully saturated rings. The van der Waals surface area contributed by atoms with Crippen molar-refractivity contribution < 1.29 is 24.0 Å². The molecule has 0 saturated carbocycles. The highest BCUT2D eigenvalue weighted by molar-refractivity contribution is 7.14. The lowest BCUT2D eigenvalue weighted by atomic mass is 9.94. The van der Waals surface area contributed by atoms with Gasteiger partial charge in [0, 0.05) is 17.5 Å². The van der Waals surface area contributed by atoms with Crippen LogP contribution in [0.4, 0.5) is 9.52 Å². The highest BCUT2D eigenvalue weighted by Crippen LogP contribution is 2.28. The highest BCUT2D eigenvalue weighted by atomic mass is 32.1. The number of rotatable bonds is 9. The Labute approximate surface area is 189 Å². The minimum atomic E-state index is -2.18. The van der Waals surface area contributed by atoms with Crippen LogP contribution in [0.25, 0.3) is 11.3 Å². The molecule has 0 unspecified atom stereocenters. The van der Waals surface area contributed by atoms with E-state index in [0.29, 0.717) is 30.9 Å². The van der Waals surface area contributed by atoms with Crippen LogP contribution in [0, 0.1) is 5.92 Å². The zero-order valence-corrected chi connectivity index (χ0v) is 18.6. The average molecular weight is 463 g/mol. The second-order valence-electron chi connectivity index (χ2n) is 7.71. The molecule has 0 spiro atoms. The smallest absolute Gasteiger partial charge is 0.278 e. The molecule has 1 aliphatic rings. The van der Waals surface area contributed by atoms with Crippen LogP contribution >= 0.6 is 11.3 Å². The topological polar surface area (TPSA) is 112 Å². The first-order valence-electron chi connectivity index (χ1n) is 10.7. The van der Waals surface area contributed by atoms with E-state index in [9.17, 15) is 18.8 Å². The lowest BCUT2D eigenvalue weighted by molar-refractivity contribution is -0.148. The van der Waals surface area contributed by atoms with Crippen LogP contribution in [0.5, 0.6) is 0 Å². The molecule has 8 nitrogen and oxygen atoms in total. The van der Waals surface area contributed by atoms with E-state index < -0.39 is 29.9 Å². The third kappa shape index (κ3) is 5.49. The van der Waals surface area contributed by atoms with E-state index in [4.69, 9.17) is 5.21 Å². The normalized spacial score (nSPS) is 17.6. The van der Waals surface area contributed by atoms with Gasteiger partial charge in [-0.1, -0.05) is 50.1 Å². The minimum Gasteiger partial charge on any atom is -0.330 e. The zero-order chi connectivity index (χ0) is 23.1. The number of hydrogen-bond acceptors (Lipinski definition) is 6. The number of anilines is 1. The SMILES string of the molecule is CCCC[C@@H](C(=O)N1CCC[C@H]1C(=O)Nc1nc(-c2ccccc2)cs1)[C@@H](F)C(=O)NO. The third-order valence-electron chi connectivity index (χ3n) is 5.54. The Bertz CT molecular complexity index is 939. The Kier molecular flexibility index (Phi) is 8.29. The summed E-state index contributed by atoms with van der Waals surface area (Å²) >= 11 is 1.28. The molecular weight excluding hydrogens is 435 g/mol. The maximum Gasteiger partial charge on any atom is 0.278 e. The number of hydrogen-bond donors (Lipinski definition) is 3. The monoisotopic (exact) mass is 462 g/mol. The molecule has 1 aliphatic heterocycles. The number of carbonyl (C=O) groups excluding carboxylic acids is 3. The van der Waals surface area contributed by atoms with Crippen LogP contribution in [-0.4, -0.2) is 51.6 Å². The van der Waals surface area contributed by atoms with Gasteiger partial charge in [0.2, 0.25) is 11.8 Å². The van der Waals surface area contributed by atoms with Crippen molar-refractivity contribution in [1.29, 1.82) is 0 Å². The Balaban J connectivity index is 1.70. The second-order valence-corrected chi connectivity index (χ2v) is 8.57. The molecule has 3 N–H and O–H groups in total. The maximum absolute atomic E-state index is 14.6. The first-order chi connectivity index (χ1) is 15.5. The van der Waals surface area contributed by atoms with E-state index in [2.05, 4.69) is 10.3 Å². The van der Waals surface area contributed by atoms with Crippen LogP contribution < -0.4 is 10.8 Å². The molecule has 2 heterocycles. The molecular formula is C22H27FN4O4S. The van der Waals surface area contributed by atoms with Crippen LogP contribution in [0.1, 0.15) is 39.0 Å². The molecule has 3 amide bonds. The van der Waals surface area contributed by atoms with Crippen molar-refractivity contribution in [2.45, 2.75) is 51.2 Å². The lowest BCUT2D eigenvalue weighted by Crippen LogP contribution is -2.49.